The van der Waals surface area contributed by atoms with Crippen LogP contribution in [0.4, 0.5) is 0 Å². The predicted octanol–water partition coefficient (Wildman–Crippen LogP) is 5.18. The zero-order valence-corrected chi connectivity index (χ0v) is 14.9. The maximum atomic E-state index is 9.30. The van der Waals surface area contributed by atoms with Gasteiger partial charge in [0, 0.05) is 0 Å². The SMILES string of the molecule is CCC=CCCC=C[C@H]1C=CC[C@@H]1CCCCCCC(O)CO. The Hall–Kier alpha value is -0.860. The maximum Gasteiger partial charge on any atom is 0.0770 e. The molecule has 0 heterocycles. The van der Waals surface area contributed by atoms with Crippen molar-refractivity contribution < 1.29 is 10.2 Å². The minimum atomic E-state index is -0.518. The molecule has 0 fully saturated rings. The fourth-order valence-corrected chi connectivity index (χ4v) is 3.22. The Kier molecular flexibility index (Phi) is 11.9. The first-order chi connectivity index (χ1) is 11.3. The molecule has 0 bridgehead atoms. The normalized spacial score (nSPS) is 22.6. The van der Waals surface area contributed by atoms with Crippen LogP contribution in [0.1, 0.15) is 71.1 Å². The molecule has 1 aliphatic carbocycles. The van der Waals surface area contributed by atoms with E-state index >= 15 is 0 Å². The van der Waals surface area contributed by atoms with Gasteiger partial charge in [-0.15, -0.1) is 0 Å². The molecular weight excluding hydrogens is 284 g/mol. The summed E-state index contributed by atoms with van der Waals surface area (Å²) in [6, 6.07) is 0. The summed E-state index contributed by atoms with van der Waals surface area (Å²) in [7, 11) is 0. The molecule has 0 saturated carbocycles. The minimum absolute atomic E-state index is 0.101. The van der Waals surface area contributed by atoms with Crippen LogP contribution in [0.3, 0.4) is 0 Å². The standard InChI is InChI=1S/C21H36O2/c1-2-3-4-5-6-9-13-19-15-12-16-20(19)14-10-7-8-11-17-21(23)18-22/h3-4,9,12-13,15,19-23H,2,5-8,10-11,14,16-18H2,1H3/t19-,20-,21?/m0/s1. The van der Waals surface area contributed by atoms with E-state index in [2.05, 4.69) is 43.4 Å². The van der Waals surface area contributed by atoms with Gasteiger partial charge in [-0.3, -0.25) is 0 Å². The third-order valence-corrected chi connectivity index (χ3v) is 4.68. The molecule has 1 aliphatic rings. The van der Waals surface area contributed by atoms with E-state index in [1.165, 1.54) is 32.1 Å². The van der Waals surface area contributed by atoms with Gasteiger partial charge in [0.25, 0.3) is 0 Å². The second kappa shape index (κ2) is 13.6. The van der Waals surface area contributed by atoms with Crippen LogP contribution in [0, 0.1) is 11.8 Å². The summed E-state index contributed by atoms with van der Waals surface area (Å²) in [5.74, 6) is 1.43. The average molecular weight is 321 g/mol. The van der Waals surface area contributed by atoms with E-state index in [1.807, 2.05) is 0 Å². The molecule has 3 atom stereocenters. The highest BCUT2D eigenvalue weighted by Crippen LogP contribution is 2.31. The molecule has 23 heavy (non-hydrogen) atoms. The van der Waals surface area contributed by atoms with E-state index in [4.69, 9.17) is 5.11 Å². The molecule has 0 aromatic rings. The molecule has 0 saturated heterocycles. The zero-order valence-electron chi connectivity index (χ0n) is 14.9. The Morgan fingerprint density at radius 3 is 2.65 bits per heavy atom. The van der Waals surface area contributed by atoms with E-state index in [0.29, 0.717) is 5.92 Å². The summed E-state index contributed by atoms with van der Waals surface area (Å²) in [6.45, 7) is 2.07. The summed E-state index contributed by atoms with van der Waals surface area (Å²) in [4.78, 5) is 0. The number of hydrogen-bond acceptors (Lipinski definition) is 2. The van der Waals surface area contributed by atoms with Crippen LogP contribution in [0.15, 0.2) is 36.5 Å². The fraction of sp³-hybridized carbons (Fsp3) is 0.714. The Balaban J connectivity index is 2.09. The third-order valence-electron chi connectivity index (χ3n) is 4.68. The third kappa shape index (κ3) is 9.78. The summed E-state index contributed by atoms with van der Waals surface area (Å²) in [5, 5.41) is 18.1. The first kappa shape index (κ1) is 20.2. The van der Waals surface area contributed by atoms with Crippen LogP contribution in [0.2, 0.25) is 0 Å². The molecule has 0 radical (unpaired) electrons. The fourth-order valence-electron chi connectivity index (χ4n) is 3.22. The molecule has 0 aromatic carbocycles. The number of rotatable bonds is 13. The first-order valence-corrected chi connectivity index (χ1v) is 9.55. The van der Waals surface area contributed by atoms with Crippen LogP contribution >= 0.6 is 0 Å². The highest BCUT2D eigenvalue weighted by atomic mass is 16.3. The Bertz CT molecular complexity index is 357. The second-order valence-electron chi connectivity index (χ2n) is 6.71. The van der Waals surface area contributed by atoms with Crippen molar-refractivity contribution in [3.8, 4) is 0 Å². The van der Waals surface area contributed by atoms with E-state index in [-0.39, 0.29) is 6.61 Å². The molecule has 2 N–H and O–H groups in total. The van der Waals surface area contributed by atoms with Crippen LogP contribution < -0.4 is 0 Å². The largest absolute Gasteiger partial charge is 0.394 e. The Morgan fingerprint density at radius 1 is 1.09 bits per heavy atom. The number of aliphatic hydroxyl groups excluding tert-OH is 2. The van der Waals surface area contributed by atoms with Gasteiger partial charge in [0.05, 0.1) is 12.7 Å². The summed E-state index contributed by atoms with van der Waals surface area (Å²) in [6.07, 6.45) is 24.9. The van der Waals surface area contributed by atoms with Gasteiger partial charge in [-0.05, 0) is 50.4 Å². The molecule has 0 spiro atoms. The molecule has 0 amide bonds. The van der Waals surface area contributed by atoms with E-state index < -0.39 is 6.10 Å². The van der Waals surface area contributed by atoms with Crippen LogP contribution in [0.25, 0.3) is 0 Å². The summed E-state index contributed by atoms with van der Waals surface area (Å²) in [5.41, 5.74) is 0. The second-order valence-corrected chi connectivity index (χ2v) is 6.71. The molecule has 2 heteroatoms. The van der Waals surface area contributed by atoms with E-state index in [9.17, 15) is 5.11 Å². The van der Waals surface area contributed by atoms with Gasteiger partial charge in [-0.2, -0.15) is 0 Å². The predicted molar refractivity (Wildman–Crippen MR) is 99.3 cm³/mol. The molecule has 0 aromatic heterocycles. The van der Waals surface area contributed by atoms with Crippen molar-refractivity contribution in [3.63, 3.8) is 0 Å². The van der Waals surface area contributed by atoms with Gasteiger partial charge in [0.15, 0.2) is 0 Å². The van der Waals surface area contributed by atoms with Gasteiger partial charge < -0.3 is 10.2 Å². The smallest absolute Gasteiger partial charge is 0.0770 e. The number of unbranched alkanes of at least 4 members (excludes halogenated alkanes) is 4. The van der Waals surface area contributed by atoms with Crippen molar-refractivity contribution in [1.82, 2.24) is 0 Å². The highest BCUT2D eigenvalue weighted by Gasteiger charge is 2.19. The van der Waals surface area contributed by atoms with Crippen LogP contribution in [-0.4, -0.2) is 22.9 Å². The van der Waals surface area contributed by atoms with Crippen molar-refractivity contribution in [2.45, 2.75) is 77.2 Å². The first-order valence-electron chi connectivity index (χ1n) is 9.55. The monoisotopic (exact) mass is 320 g/mol. The number of allylic oxidation sites excluding steroid dienone is 6. The topological polar surface area (TPSA) is 40.5 Å². The molecule has 1 rings (SSSR count). The Labute approximate surface area is 143 Å². The molecule has 2 nitrogen and oxygen atoms in total. The molecule has 132 valence electrons. The molecule has 1 unspecified atom stereocenters. The lowest BCUT2D eigenvalue weighted by Crippen LogP contribution is -2.11. The number of aliphatic hydroxyl groups is 2. The van der Waals surface area contributed by atoms with Gasteiger partial charge >= 0.3 is 0 Å². The highest BCUT2D eigenvalue weighted by molar-refractivity contribution is 5.09. The lowest BCUT2D eigenvalue weighted by molar-refractivity contribution is 0.0859. The van der Waals surface area contributed by atoms with Gasteiger partial charge in [0.1, 0.15) is 0 Å². The quantitative estimate of drug-likeness (QED) is 0.363. The van der Waals surface area contributed by atoms with Crippen molar-refractivity contribution in [2.24, 2.45) is 11.8 Å². The maximum absolute atomic E-state index is 9.30. The van der Waals surface area contributed by atoms with Crippen molar-refractivity contribution >= 4 is 0 Å². The average Bonchev–Trinajstić information content (AvgIpc) is 3.01. The lowest BCUT2D eigenvalue weighted by Gasteiger charge is -2.16. The summed E-state index contributed by atoms with van der Waals surface area (Å²) >= 11 is 0. The van der Waals surface area contributed by atoms with Crippen molar-refractivity contribution in [3.05, 3.63) is 36.5 Å². The zero-order chi connectivity index (χ0) is 16.8. The van der Waals surface area contributed by atoms with Gasteiger partial charge in [0.2, 0.25) is 0 Å². The number of hydrogen-bond donors (Lipinski definition) is 2. The van der Waals surface area contributed by atoms with Crippen LogP contribution in [0.5, 0.6) is 0 Å². The van der Waals surface area contributed by atoms with Crippen LogP contribution in [-0.2, 0) is 0 Å². The van der Waals surface area contributed by atoms with Gasteiger partial charge in [-0.25, -0.2) is 0 Å². The minimum Gasteiger partial charge on any atom is -0.394 e. The lowest BCUT2D eigenvalue weighted by atomic mass is 9.89. The van der Waals surface area contributed by atoms with Crippen molar-refractivity contribution in [2.75, 3.05) is 6.61 Å². The molecule has 0 aliphatic heterocycles. The van der Waals surface area contributed by atoms with Gasteiger partial charge in [-0.1, -0.05) is 69.1 Å². The summed E-state index contributed by atoms with van der Waals surface area (Å²) < 4.78 is 0. The van der Waals surface area contributed by atoms with Crippen molar-refractivity contribution in [1.29, 1.82) is 0 Å². The Morgan fingerprint density at radius 2 is 1.87 bits per heavy atom. The van der Waals surface area contributed by atoms with E-state index in [0.717, 1.165) is 38.0 Å². The van der Waals surface area contributed by atoms with E-state index in [1.54, 1.807) is 0 Å². The molecular formula is C21H36O2.